The molecule has 18 heavy (non-hydrogen) atoms. The molecule has 4 heteroatoms. The molecule has 0 fully saturated rings. The zero-order valence-electron chi connectivity index (χ0n) is 10.8. The van der Waals surface area contributed by atoms with Crippen molar-refractivity contribution < 1.29 is 5.11 Å². The maximum absolute atomic E-state index is 10.2. The van der Waals surface area contributed by atoms with Crippen molar-refractivity contribution in [1.82, 2.24) is 9.78 Å². The third-order valence-electron chi connectivity index (χ3n) is 2.88. The minimum absolute atomic E-state index is 0.468. The second kappa shape index (κ2) is 5.24. The van der Waals surface area contributed by atoms with E-state index in [1.807, 2.05) is 39.1 Å². The third kappa shape index (κ3) is 3.00. The number of hydrogen-bond acceptors (Lipinski definition) is 2. The molecule has 0 bridgehead atoms. The molecule has 0 aliphatic heterocycles. The normalized spacial score (nSPS) is 12.7. The molecule has 0 amide bonds. The number of hydrogen-bond donors (Lipinski definition) is 1. The molecule has 1 unspecified atom stereocenters. The van der Waals surface area contributed by atoms with Crippen molar-refractivity contribution in [1.29, 1.82) is 0 Å². The highest BCUT2D eigenvalue weighted by Crippen LogP contribution is 2.20. The molecule has 96 valence electrons. The molecule has 0 saturated carbocycles. The number of benzene rings is 1. The van der Waals surface area contributed by atoms with Gasteiger partial charge in [0.15, 0.2) is 0 Å². The Kier molecular flexibility index (Phi) is 3.88. The first-order chi connectivity index (χ1) is 8.45. The predicted octanol–water partition coefficient (Wildman–Crippen LogP) is 3.30. The Hall–Kier alpha value is -1.13. The molecule has 0 aliphatic rings. The minimum atomic E-state index is -0.533. The number of rotatable bonds is 3. The van der Waals surface area contributed by atoms with Gasteiger partial charge >= 0.3 is 0 Å². The van der Waals surface area contributed by atoms with Crippen molar-refractivity contribution in [3.05, 3.63) is 51.3 Å². The fourth-order valence-corrected chi connectivity index (χ4v) is 2.39. The summed E-state index contributed by atoms with van der Waals surface area (Å²) < 4.78 is 2.73. The van der Waals surface area contributed by atoms with Gasteiger partial charge in [-0.25, -0.2) is 0 Å². The number of nitrogens with zero attached hydrogens (tertiary/aromatic N) is 2. The number of aliphatic hydroxyl groups is 1. The number of aromatic nitrogens is 2. The lowest BCUT2D eigenvalue weighted by atomic mass is 10.0. The van der Waals surface area contributed by atoms with Crippen LogP contribution in [-0.4, -0.2) is 14.9 Å². The summed E-state index contributed by atoms with van der Waals surface area (Å²) in [4.78, 5) is 0. The van der Waals surface area contributed by atoms with E-state index >= 15 is 0 Å². The highest BCUT2D eigenvalue weighted by molar-refractivity contribution is 9.10. The van der Waals surface area contributed by atoms with E-state index in [0.29, 0.717) is 6.54 Å². The van der Waals surface area contributed by atoms with E-state index in [4.69, 9.17) is 0 Å². The van der Waals surface area contributed by atoms with Crippen molar-refractivity contribution in [2.45, 2.75) is 33.4 Å². The average Bonchev–Trinajstić information content (AvgIpc) is 2.56. The number of aryl methyl sites for hydroxylation is 3. The van der Waals surface area contributed by atoms with Gasteiger partial charge in [-0.1, -0.05) is 29.3 Å². The van der Waals surface area contributed by atoms with Crippen LogP contribution in [0.5, 0.6) is 0 Å². The summed E-state index contributed by atoms with van der Waals surface area (Å²) >= 11 is 3.42. The minimum Gasteiger partial charge on any atom is -0.386 e. The monoisotopic (exact) mass is 308 g/mol. The van der Waals surface area contributed by atoms with Gasteiger partial charge in [-0.15, -0.1) is 0 Å². The maximum Gasteiger partial charge on any atom is 0.0986 e. The standard InChI is InChI=1S/C14H17BrN2O/c1-9-4-10(2)6-12(5-9)14(18)8-17-7-13(15)11(3)16-17/h4-7,14,18H,8H2,1-3H3. The lowest BCUT2D eigenvalue weighted by molar-refractivity contribution is 0.151. The quantitative estimate of drug-likeness (QED) is 0.944. The zero-order chi connectivity index (χ0) is 13.3. The van der Waals surface area contributed by atoms with Gasteiger partial charge in [-0.3, -0.25) is 4.68 Å². The molecule has 2 aromatic rings. The SMILES string of the molecule is Cc1cc(C)cc(C(O)Cn2cc(Br)c(C)n2)c1. The molecule has 0 radical (unpaired) electrons. The topological polar surface area (TPSA) is 38.0 Å². The van der Waals surface area contributed by atoms with Crippen LogP contribution in [-0.2, 0) is 6.54 Å². The Balaban J connectivity index is 2.18. The van der Waals surface area contributed by atoms with Crippen LogP contribution in [0.15, 0.2) is 28.9 Å². The second-order valence-corrected chi connectivity index (χ2v) is 5.58. The molecule has 1 aromatic carbocycles. The summed E-state index contributed by atoms with van der Waals surface area (Å²) in [7, 11) is 0. The molecule has 1 aromatic heterocycles. The van der Waals surface area contributed by atoms with Gasteiger partial charge in [0.25, 0.3) is 0 Å². The highest BCUT2D eigenvalue weighted by Gasteiger charge is 2.11. The van der Waals surface area contributed by atoms with Gasteiger partial charge in [0.1, 0.15) is 0 Å². The van der Waals surface area contributed by atoms with Gasteiger partial charge in [0.05, 0.1) is 22.8 Å². The predicted molar refractivity (Wildman–Crippen MR) is 75.5 cm³/mol. The van der Waals surface area contributed by atoms with Crippen molar-refractivity contribution in [3.63, 3.8) is 0 Å². The van der Waals surface area contributed by atoms with Gasteiger partial charge in [0, 0.05) is 6.20 Å². The molecular weight excluding hydrogens is 292 g/mol. The molecule has 0 spiro atoms. The maximum atomic E-state index is 10.2. The molecule has 3 nitrogen and oxygen atoms in total. The number of aliphatic hydroxyl groups excluding tert-OH is 1. The van der Waals surface area contributed by atoms with Crippen LogP contribution in [0.2, 0.25) is 0 Å². The van der Waals surface area contributed by atoms with Crippen molar-refractivity contribution in [2.75, 3.05) is 0 Å². The van der Waals surface area contributed by atoms with E-state index in [1.165, 1.54) is 11.1 Å². The van der Waals surface area contributed by atoms with Crippen LogP contribution < -0.4 is 0 Å². The van der Waals surface area contributed by atoms with E-state index < -0.39 is 6.10 Å². The van der Waals surface area contributed by atoms with Crippen LogP contribution in [0, 0.1) is 20.8 Å². The van der Waals surface area contributed by atoms with Crippen molar-refractivity contribution in [3.8, 4) is 0 Å². The largest absolute Gasteiger partial charge is 0.386 e. The first kappa shape index (κ1) is 13.3. The lowest BCUT2D eigenvalue weighted by Gasteiger charge is -2.12. The Morgan fingerprint density at radius 2 is 1.83 bits per heavy atom. The molecule has 1 heterocycles. The van der Waals surface area contributed by atoms with Gasteiger partial charge in [-0.2, -0.15) is 5.10 Å². The van der Waals surface area contributed by atoms with Crippen molar-refractivity contribution in [2.24, 2.45) is 0 Å². The van der Waals surface area contributed by atoms with Crippen LogP contribution >= 0.6 is 15.9 Å². The van der Waals surface area contributed by atoms with Gasteiger partial charge < -0.3 is 5.11 Å². The van der Waals surface area contributed by atoms with E-state index in [9.17, 15) is 5.11 Å². The smallest absolute Gasteiger partial charge is 0.0986 e. The van der Waals surface area contributed by atoms with E-state index in [-0.39, 0.29) is 0 Å². The molecule has 1 N–H and O–H groups in total. The Labute approximate surface area is 116 Å². The Morgan fingerprint density at radius 1 is 1.22 bits per heavy atom. The Morgan fingerprint density at radius 3 is 2.33 bits per heavy atom. The lowest BCUT2D eigenvalue weighted by Crippen LogP contribution is -2.09. The summed E-state index contributed by atoms with van der Waals surface area (Å²) in [6.45, 7) is 6.48. The highest BCUT2D eigenvalue weighted by atomic mass is 79.9. The van der Waals surface area contributed by atoms with Crippen LogP contribution in [0.4, 0.5) is 0 Å². The fourth-order valence-electron chi connectivity index (χ4n) is 2.07. The summed E-state index contributed by atoms with van der Waals surface area (Å²) in [5.41, 5.74) is 4.21. The van der Waals surface area contributed by atoms with Crippen LogP contribution in [0.25, 0.3) is 0 Å². The fraction of sp³-hybridized carbons (Fsp3) is 0.357. The molecule has 0 aliphatic carbocycles. The van der Waals surface area contributed by atoms with Gasteiger partial charge in [-0.05, 0) is 42.3 Å². The van der Waals surface area contributed by atoms with Crippen molar-refractivity contribution >= 4 is 15.9 Å². The summed E-state index contributed by atoms with van der Waals surface area (Å²) in [5, 5.41) is 14.6. The van der Waals surface area contributed by atoms with E-state index in [0.717, 1.165) is 15.7 Å². The van der Waals surface area contributed by atoms with Gasteiger partial charge in [0.2, 0.25) is 0 Å². The molecule has 2 rings (SSSR count). The molecular formula is C14H17BrN2O. The zero-order valence-corrected chi connectivity index (χ0v) is 12.4. The van der Waals surface area contributed by atoms with E-state index in [1.54, 1.807) is 4.68 Å². The third-order valence-corrected chi connectivity index (χ3v) is 3.65. The summed E-state index contributed by atoms with van der Waals surface area (Å²) in [6.07, 6.45) is 1.36. The van der Waals surface area contributed by atoms with Crippen LogP contribution in [0.3, 0.4) is 0 Å². The van der Waals surface area contributed by atoms with Crippen LogP contribution in [0.1, 0.15) is 28.5 Å². The average molecular weight is 309 g/mol. The summed E-state index contributed by atoms with van der Waals surface area (Å²) in [6, 6.07) is 6.14. The first-order valence-electron chi connectivity index (χ1n) is 5.91. The first-order valence-corrected chi connectivity index (χ1v) is 6.71. The molecule has 0 saturated heterocycles. The Bertz CT molecular complexity index is 523. The number of halogens is 1. The summed E-state index contributed by atoms with van der Waals surface area (Å²) in [5.74, 6) is 0. The second-order valence-electron chi connectivity index (χ2n) is 4.72. The van der Waals surface area contributed by atoms with E-state index in [2.05, 4.69) is 27.1 Å². The molecule has 1 atom stereocenters.